The van der Waals surface area contributed by atoms with Gasteiger partial charge in [-0.3, -0.25) is 4.90 Å². The highest BCUT2D eigenvalue weighted by atomic mass is 79.9. The Labute approximate surface area is 120 Å². The van der Waals surface area contributed by atoms with Gasteiger partial charge in [-0.05, 0) is 60.8 Å². The van der Waals surface area contributed by atoms with Gasteiger partial charge in [0.15, 0.2) is 10.4 Å². The monoisotopic (exact) mass is 325 g/mol. The number of furan rings is 1. The average Bonchev–Trinajstić information content (AvgIpc) is 2.99. The van der Waals surface area contributed by atoms with Crippen molar-refractivity contribution in [1.29, 1.82) is 0 Å². The van der Waals surface area contributed by atoms with Crippen LogP contribution in [-0.2, 0) is 6.54 Å². The summed E-state index contributed by atoms with van der Waals surface area (Å²) in [5.74, 6) is 2.46. The van der Waals surface area contributed by atoms with Gasteiger partial charge in [-0.1, -0.05) is 0 Å². The molecule has 0 aliphatic heterocycles. The highest BCUT2D eigenvalue weighted by Gasteiger charge is 2.31. The van der Waals surface area contributed by atoms with Crippen molar-refractivity contribution >= 4 is 15.9 Å². The second kappa shape index (κ2) is 5.09. The minimum atomic E-state index is 0.424. The lowest BCUT2D eigenvalue weighted by Crippen LogP contribution is -2.30. The van der Waals surface area contributed by atoms with Crippen LogP contribution in [0.25, 0.3) is 11.7 Å². The molecular weight excluding hydrogens is 310 g/mol. The molecule has 1 unspecified atom stereocenters. The Bertz CT molecular complexity index is 562. The molecule has 1 aliphatic rings. The van der Waals surface area contributed by atoms with Crippen LogP contribution in [0.1, 0.15) is 25.7 Å². The summed E-state index contributed by atoms with van der Waals surface area (Å²) in [6.45, 7) is 2.92. The van der Waals surface area contributed by atoms with E-state index in [0.717, 1.165) is 5.92 Å². The second-order valence-corrected chi connectivity index (χ2v) is 5.88. The van der Waals surface area contributed by atoms with Gasteiger partial charge in [-0.25, -0.2) is 0 Å². The van der Waals surface area contributed by atoms with Crippen molar-refractivity contribution in [2.75, 3.05) is 7.05 Å². The van der Waals surface area contributed by atoms with Crippen molar-refractivity contribution in [1.82, 2.24) is 15.1 Å². The second-order valence-electron chi connectivity index (χ2n) is 5.10. The van der Waals surface area contributed by atoms with Crippen LogP contribution in [0.2, 0.25) is 0 Å². The normalized spacial score (nSPS) is 17.1. The highest BCUT2D eigenvalue weighted by molar-refractivity contribution is 9.10. The van der Waals surface area contributed by atoms with E-state index in [9.17, 15) is 0 Å². The van der Waals surface area contributed by atoms with E-state index >= 15 is 0 Å². The fourth-order valence-electron chi connectivity index (χ4n) is 2.14. The van der Waals surface area contributed by atoms with Gasteiger partial charge in [0.25, 0.3) is 5.89 Å². The summed E-state index contributed by atoms with van der Waals surface area (Å²) in [4.78, 5) is 2.26. The molecule has 2 aromatic rings. The van der Waals surface area contributed by atoms with Gasteiger partial charge in [0, 0.05) is 6.04 Å². The van der Waals surface area contributed by atoms with E-state index in [2.05, 4.69) is 45.0 Å². The van der Waals surface area contributed by atoms with Crippen LogP contribution < -0.4 is 0 Å². The lowest BCUT2D eigenvalue weighted by molar-refractivity contribution is 0.206. The van der Waals surface area contributed by atoms with Crippen molar-refractivity contribution in [3.8, 4) is 11.7 Å². The molecule has 0 radical (unpaired) electrons. The summed E-state index contributed by atoms with van der Waals surface area (Å²) in [5.41, 5.74) is 0. The molecule has 1 fully saturated rings. The standard InChI is InChI=1S/C13H16BrN3O2/c1-8(9-3-4-9)17(2)7-12-15-16-13(19-12)10-5-6-11(14)18-10/h5-6,8-9H,3-4,7H2,1-2H3. The van der Waals surface area contributed by atoms with Crippen LogP contribution in [0.4, 0.5) is 0 Å². The van der Waals surface area contributed by atoms with Gasteiger partial charge < -0.3 is 8.83 Å². The lowest BCUT2D eigenvalue weighted by atomic mass is 10.2. The minimum Gasteiger partial charge on any atom is -0.444 e. The van der Waals surface area contributed by atoms with Crippen molar-refractivity contribution < 1.29 is 8.83 Å². The predicted octanol–water partition coefficient (Wildman–Crippen LogP) is 3.32. The molecule has 0 spiro atoms. The Balaban J connectivity index is 1.67. The van der Waals surface area contributed by atoms with Gasteiger partial charge >= 0.3 is 0 Å². The van der Waals surface area contributed by atoms with Gasteiger partial charge in [0.05, 0.1) is 6.54 Å². The molecule has 2 aromatic heterocycles. The number of aromatic nitrogens is 2. The van der Waals surface area contributed by atoms with E-state index in [4.69, 9.17) is 8.83 Å². The smallest absolute Gasteiger partial charge is 0.283 e. The third kappa shape index (κ3) is 2.90. The third-order valence-electron chi connectivity index (χ3n) is 3.63. The molecule has 0 N–H and O–H groups in total. The number of hydrogen-bond acceptors (Lipinski definition) is 5. The Hall–Kier alpha value is -1.14. The maximum atomic E-state index is 5.63. The van der Waals surface area contributed by atoms with E-state index in [0.29, 0.717) is 34.8 Å². The first-order valence-corrected chi connectivity index (χ1v) is 7.21. The molecular formula is C13H16BrN3O2. The van der Waals surface area contributed by atoms with E-state index in [1.807, 2.05) is 0 Å². The number of rotatable bonds is 5. The van der Waals surface area contributed by atoms with E-state index < -0.39 is 0 Å². The molecule has 1 aliphatic carbocycles. The molecule has 5 nitrogen and oxygen atoms in total. The van der Waals surface area contributed by atoms with Crippen molar-refractivity contribution in [3.05, 3.63) is 22.7 Å². The SMILES string of the molecule is CC(C1CC1)N(C)Cc1nnc(-c2ccc(Br)o2)o1. The van der Waals surface area contributed by atoms with E-state index in [1.165, 1.54) is 12.8 Å². The third-order valence-corrected chi connectivity index (χ3v) is 4.06. The van der Waals surface area contributed by atoms with E-state index in [1.54, 1.807) is 12.1 Å². The van der Waals surface area contributed by atoms with Crippen LogP contribution in [0.15, 0.2) is 25.6 Å². The van der Waals surface area contributed by atoms with Crippen LogP contribution >= 0.6 is 15.9 Å². The van der Waals surface area contributed by atoms with Crippen LogP contribution in [0.5, 0.6) is 0 Å². The van der Waals surface area contributed by atoms with Gasteiger partial charge in [0.2, 0.25) is 5.89 Å². The van der Waals surface area contributed by atoms with Gasteiger partial charge in [-0.2, -0.15) is 0 Å². The molecule has 1 saturated carbocycles. The molecule has 3 rings (SSSR count). The van der Waals surface area contributed by atoms with Crippen LogP contribution in [-0.4, -0.2) is 28.2 Å². The summed E-state index contributed by atoms with van der Waals surface area (Å²) in [7, 11) is 2.09. The maximum Gasteiger partial charge on any atom is 0.283 e. The Morgan fingerprint density at radius 3 is 2.79 bits per heavy atom. The van der Waals surface area contributed by atoms with Crippen LogP contribution in [0, 0.1) is 5.92 Å². The molecule has 2 heterocycles. The Morgan fingerprint density at radius 1 is 1.37 bits per heavy atom. The zero-order chi connectivity index (χ0) is 13.4. The average molecular weight is 326 g/mol. The first kappa shape index (κ1) is 12.9. The molecule has 6 heteroatoms. The quantitative estimate of drug-likeness (QED) is 0.844. The molecule has 0 aromatic carbocycles. The first-order chi connectivity index (χ1) is 9.13. The number of hydrogen-bond donors (Lipinski definition) is 0. The van der Waals surface area contributed by atoms with Crippen molar-refractivity contribution in [3.63, 3.8) is 0 Å². The zero-order valence-corrected chi connectivity index (χ0v) is 12.6. The summed E-state index contributed by atoms with van der Waals surface area (Å²) in [5, 5.41) is 8.09. The first-order valence-electron chi connectivity index (χ1n) is 6.42. The van der Waals surface area contributed by atoms with E-state index in [-0.39, 0.29) is 0 Å². The maximum absolute atomic E-state index is 5.63. The minimum absolute atomic E-state index is 0.424. The molecule has 102 valence electrons. The fourth-order valence-corrected chi connectivity index (χ4v) is 2.45. The number of halogens is 1. The predicted molar refractivity (Wildman–Crippen MR) is 73.4 cm³/mol. The summed E-state index contributed by atoms with van der Waals surface area (Å²) in [6.07, 6.45) is 2.67. The summed E-state index contributed by atoms with van der Waals surface area (Å²) < 4.78 is 11.7. The summed E-state index contributed by atoms with van der Waals surface area (Å²) in [6, 6.07) is 4.17. The molecule has 0 bridgehead atoms. The molecule has 19 heavy (non-hydrogen) atoms. The molecule has 1 atom stereocenters. The highest BCUT2D eigenvalue weighted by Crippen LogP contribution is 2.35. The van der Waals surface area contributed by atoms with Gasteiger partial charge in [0.1, 0.15) is 0 Å². The molecule has 0 amide bonds. The topological polar surface area (TPSA) is 55.3 Å². The van der Waals surface area contributed by atoms with Crippen molar-refractivity contribution in [2.24, 2.45) is 5.92 Å². The largest absolute Gasteiger partial charge is 0.444 e. The zero-order valence-electron chi connectivity index (χ0n) is 11.0. The number of nitrogens with zero attached hydrogens (tertiary/aromatic N) is 3. The molecule has 0 saturated heterocycles. The lowest BCUT2D eigenvalue weighted by Gasteiger charge is -2.22. The van der Waals surface area contributed by atoms with Gasteiger partial charge in [-0.15, -0.1) is 10.2 Å². The summed E-state index contributed by atoms with van der Waals surface area (Å²) >= 11 is 3.25. The Kier molecular flexibility index (Phi) is 3.45. The fraction of sp³-hybridized carbons (Fsp3) is 0.538. The van der Waals surface area contributed by atoms with Crippen LogP contribution in [0.3, 0.4) is 0 Å². The van der Waals surface area contributed by atoms with Crippen molar-refractivity contribution in [2.45, 2.75) is 32.4 Å². The Morgan fingerprint density at radius 2 is 2.16 bits per heavy atom.